The normalized spacial score (nSPS) is 11.8. The van der Waals surface area contributed by atoms with E-state index in [2.05, 4.69) is 4.98 Å². The number of carboxylic acid groups (broad SMARTS) is 1. The second-order valence-electron chi connectivity index (χ2n) is 5.89. The number of carboxylic acids is 1. The van der Waals surface area contributed by atoms with Crippen molar-refractivity contribution >= 4 is 40.3 Å². The van der Waals surface area contributed by atoms with Crippen LogP contribution in [0.5, 0.6) is 0 Å². The van der Waals surface area contributed by atoms with Gasteiger partial charge in [0.2, 0.25) is 5.89 Å². The largest absolute Gasteiger partial charge is 0.550 e. The first kappa shape index (κ1) is 17.1. The van der Waals surface area contributed by atoms with E-state index in [1.165, 1.54) is 0 Å². The number of aromatic nitrogens is 1. The van der Waals surface area contributed by atoms with Crippen molar-refractivity contribution in [3.05, 3.63) is 77.3 Å². The summed E-state index contributed by atoms with van der Waals surface area (Å²) in [4.78, 5) is 15.5. The number of rotatable bonds is 5. The molecule has 4 aromatic rings. The van der Waals surface area contributed by atoms with Gasteiger partial charge in [0, 0.05) is 23.5 Å². The van der Waals surface area contributed by atoms with E-state index in [1.54, 1.807) is 36.4 Å². The number of carbonyl (C=O) groups excluding carboxylic acids is 1. The smallest absolute Gasteiger partial charge is 0.223 e. The molecule has 0 aliphatic carbocycles. The highest BCUT2D eigenvalue weighted by Gasteiger charge is 2.13. The topological polar surface area (TPSA) is 79.3 Å². The van der Waals surface area contributed by atoms with Crippen molar-refractivity contribution in [2.24, 2.45) is 0 Å². The monoisotopic (exact) mass is 378 g/mol. The number of fused-ring (bicyclic) bond motifs is 1. The molecule has 0 fully saturated rings. The average Bonchev–Trinajstić information content (AvgIpc) is 3.28. The molecule has 2 aromatic carbocycles. The predicted octanol–water partition coefficient (Wildman–Crippen LogP) is 4.42. The highest BCUT2D eigenvalue weighted by molar-refractivity contribution is 6.33. The fraction of sp³-hybridized carbons (Fsp3) is 0.0476. The molecule has 0 aliphatic heterocycles. The van der Waals surface area contributed by atoms with E-state index in [1.807, 2.05) is 30.3 Å². The Balaban J connectivity index is 1.73. The van der Waals surface area contributed by atoms with Crippen molar-refractivity contribution in [3.8, 4) is 11.3 Å². The Morgan fingerprint density at radius 1 is 1.04 bits per heavy atom. The Morgan fingerprint density at radius 3 is 2.59 bits per heavy atom. The third-order valence-corrected chi connectivity index (χ3v) is 4.32. The number of carbonyl (C=O) groups is 1. The lowest BCUT2D eigenvalue weighted by Crippen LogP contribution is -2.22. The molecule has 4 rings (SSSR count). The number of hydrogen-bond donors (Lipinski definition) is 0. The van der Waals surface area contributed by atoms with Crippen LogP contribution in [0.3, 0.4) is 0 Å². The SMILES string of the molecule is O=C([O-])C/C(=C\c1ccc(-c2ccccc2Cl)o1)c1nc2ccccc2o1. The van der Waals surface area contributed by atoms with Crippen molar-refractivity contribution < 1.29 is 18.7 Å². The minimum Gasteiger partial charge on any atom is -0.550 e. The van der Waals surface area contributed by atoms with Gasteiger partial charge in [-0.05, 0) is 42.5 Å². The Bertz CT molecular complexity index is 1120. The van der Waals surface area contributed by atoms with Crippen LogP contribution in [-0.2, 0) is 4.79 Å². The van der Waals surface area contributed by atoms with Gasteiger partial charge in [0.25, 0.3) is 0 Å². The van der Waals surface area contributed by atoms with E-state index in [-0.39, 0.29) is 12.3 Å². The number of halogens is 1. The fourth-order valence-corrected chi connectivity index (χ4v) is 2.99. The van der Waals surface area contributed by atoms with Crippen molar-refractivity contribution in [2.45, 2.75) is 6.42 Å². The maximum absolute atomic E-state index is 11.2. The summed E-state index contributed by atoms with van der Waals surface area (Å²) in [5, 5.41) is 11.8. The molecular formula is C21H13ClNO4-. The maximum Gasteiger partial charge on any atom is 0.223 e. The van der Waals surface area contributed by atoms with Gasteiger partial charge < -0.3 is 18.7 Å². The summed E-state index contributed by atoms with van der Waals surface area (Å²) in [5.41, 5.74) is 2.33. The average molecular weight is 379 g/mol. The number of oxazole rings is 1. The second-order valence-corrected chi connectivity index (χ2v) is 6.29. The molecule has 0 spiro atoms. The van der Waals surface area contributed by atoms with Crippen LogP contribution in [0.4, 0.5) is 0 Å². The van der Waals surface area contributed by atoms with Crippen molar-refractivity contribution in [2.75, 3.05) is 0 Å². The number of benzene rings is 2. The van der Waals surface area contributed by atoms with E-state index in [0.29, 0.717) is 33.2 Å². The van der Waals surface area contributed by atoms with Crippen LogP contribution >= 0.6 is 11.6 Å². The van der Waals surface area contributed by atoms with Gasteiger partial charge in [-0.2, -0.15) is 0 Å². The highest BCUT2D eigenvalue weighted by Crippen LogP contribution is 2.31. The van der Waals surface area contributed by atoms with Gasteiger partial charge in [-0.15, -0.1) is 0 Å². The zero-order valence-electron chi connectivity index (χ0n) is 14.0. The lowest BCUT2D eigenvalue weighted by Gasteiger charge is -2.04. The van der Waals surface area contributed by atoms with Gasteiger partial charge in [-0.25, -0.2) is 4.98 Å². The van der Waals surface area contributed by atoms with Gasteiger partial charge in [0.1, 0.15) is 17.0 Å². The van der Waals surface area contributed by atoms with Crippen LogP contribution in [0.15, 0.2) is 69.5 Å². The summed E-state index contributed by atoms with van der Waals surface area (Å²) in [5.74, 6) is 0.0260. The molecule has 134 valence electrons. The first-order valence-electron chi connectivity index (χ1n) is 8.21. The van der Waals surface area contributed by atoms with Crippen LogP contribution in [0, 0.1) is 0 Å². The van der Waals surface area contributed by atoms with E-state index in [9.17, 15) is 9.90 Å². The minimum absolute atomic E-state index is 0.219. The molecule has 5 nitrogen and oxygen atoms in total. The molecule has 0 atom stereocenters. The van der Waals surface area contributed by atoms with Gasteiger partial charge >= 0.3 is 0 Å². The van der Waals surface area contributed by atoms with Gasteiger partial charge in [0.15, 0.2) is 5.58 Å². The number of hydrogen-bond acceptors (Lipinski definition) is 5. The molecular weight excluding hydrogens is 366 g/mol. The van der Waals surface area contributed by atoms with Crippen molar-refractivity contribution in [3.63, 3.8) is 0 Å². The predicted molar refractivity (Wildman–Crippen MR) is 101 cm³/mol. The summed E-state index contributed by atoms with van der Waals surface area (Å²) in [6, 6.07) is 18.0. The third-order valence-electron chi connectivity index (χ3n) is 3.99. The van der Waals surface area contributed by atoms with Crippen LogP contribution < -0.4 is 5.11 Å². The lowest BCUT2D eigenvalue weighted by molar-refractivity contribution is -0.304. The molecule has 0 radical (unpaired) electrons. The number of furan rings is 1. The van der Waals surface area contributed by atoms with Gasteiger partial charge in [0.05, 0.1) is 5.02 Å². The highest BCUT2D eigenvalue weighted by atomic mass is 35.5. The lowest BCUT2D eigenvalue weighted by atomic mass is 10.1. The minimum atomic E-state index is -1.23. The number of nitrogens with zero attached hydrogens (tertiary/aromatic N) is 1. The summed E-state index contributed by atoms with van der Waals surface area (Å²) in [7, 11) is 0. The molecule has 0 N–H and O–H groups in total. The van der Waals surface area contributed by atoms with Crippen LogP contribution in [0.25, 0.3) is 34.1 Å². The number of aliphatic carboxylic acids is 1. The molecule has 0 saturated heterocycles. The summed E-state index contributed by atoms with van der Waals surface area (Å²) in [6.45, 7) is 0. The molecule has 6 heteroatoms. The first-order valence-corrected chi connectivity index (χ1v) is 8.59. The fourth-order valence-electron chi connectivity index (χ4n) is 2.76. The van der Waals surface area contributed by atoms with E-state index >= 15 is 0 Å². The quantitative estimate of drug-likeness (QED) is 0.513. The van der Waals surface area contributed by atoms with Crippen LogP contribution in [0.1, 0.15) is 18.1 Å². The Labute approximate surface area is 159 Å². The molecule has 0 unspecified atom stereocenters. The second kappa shape index (κ2) is 7.13. The van der Waals surface area contributed by atoms with E-state index in [4.69, 9.17) is 20.4 Å². The summed E-state index contributed by atoms with van der Waals surface area (Å²) < 4.78 is 11.5. The Morgan fingerprint density at radius 2 is 1.81 bits per heavy atom. The van der Waals surface area contributed by atoms with Crippen molar-refractivity contribution in [1.29, 1.82) is 0 Å². The molecule has 0 amide bonds. The number of para-hydroxylation sites is 2. The van der Waals surface area contributed by atoms with E-state index < -0.39 is 5.97 Å². The van der Waals surface area contributed by atoms with Gasteiger partial charge in [-0.1, -0.05) is 35.9 Å². The molecule has 27 heavy (non-hydrogen) atoms. The molecule has 2 aromatic heterocycles. The van der Waals surface area contributed by atoms with Crippen molar-refractivity contribution in [1.82, 2.24) is 4.98 Å². The molecule has 2 heterocycles. The zero-order chi connectivity index (χ0) is 18.8. The standard InChI is InChI=1S/C21H14ClNO4/c22-16-6-2-1-5-15(16)18-10-9-14(26-18)11-13(12-20(24)25)21-23-17-7-3-4-8-19(17)27-21/h1-11H,12H2,(H,24,25)/p-1/b13-11+. The van der Waals surface area contributed by atoms with Crippen LogP contribution in [-0.4, -0.2) is 11.0 Å². The Hall–Kier alpha value is -3.31. The Kier molecular flexibility index (Phi) is 4.52. The molecule has 0 saturated carbocycles. The first-order chi connectivity index (χ1) is 13.1. The molecule has 0 bridgehead atoms. The third kappa shape index (κ3) is 3.64. The van der Waals surface area contributed by atoms with Crippen LogP contribution in [0.2, 0.25) is 5.02 Å². The molecule has 0 aliphatic rings. The van der Waals surface area contributed by atoms with E-state index in [0.717, 1.165) is 5.56 Å². The van der Waals surface area contributed by atoms with Gasteiger partial charge in [-0.3, -0.25) is 0 Å². The summed E-state index contributed by atoms with van der Waals surface area (Å²) in [6.07, 6.45) is 1.23. The summed E-state index contributed by atoms with van der Waals surface area (Å²) >= 11 is 6.20. The zero-order valence-corrected chi connectivity index (χ0v) is 14.8. The maximum atomic E-state index is 11.2.